The van der Waals surface area contributed by atoms with E-state index in [9.17, 15) is 0 Å². The molecule has 3 rings (SSSR count). The van der Waals surface area contributed by atoms with Gasteiger partial charge in [0.25, 0.3) is 5.22 Å². The lowest BCUT2D eigenvalue weighted by Crippen LogP contribution is -2.13. The Hall–Kier alpha value is -1.34. The monoisotopic (exact) mass is 425 g/mol. The van der Waals surface area contributed by atoms with Gasteiger partial charge in [-0.2, -0.15) is 0 Å². The van der Waals surface area contributed by atoms with Crippen LogP contribution in [0.1, 0.15) is 23.1 Å². The average molecular weight is 427 g/mol. The zero-order valence-electron chi connectivity index (χ0n) is 12.8. The van der Waals surface area contributed by atoms with Gasteiger partial charge in [-0.15, -0.1) is 22.6 Å². The third-order valence-corrected chi connectivity index (χ3v) is 4.73. The number of nitrogens with two attached hydrogens (primary N) is 1. The minimum Gasteiger partial charge on any atom is -0.414 e. The van der Waals surface area contributed by atoms with E-state index in [-0.39, 0.29) is 18.4 Å². The maximum absolute atomic E-state index is 6.15. The lowest BCUT2D eigenvalue weighted by Gasteiger charge is -2.06. The van der Waals surface area contributed by atoms with Crippen LogP contribution in [0, 0.1) is 0 Å². The molecule has 1 aromatic heterocycles. The van der Waals surface area contributed by atoms with E-state index < -0.39 is 0 Å². The zero-order chi connectivity index (χ0) is 16.1. The van der Waals surface area contributed by atoms with Gasteiger partial charge in [-0.3, -0.25) is 0 Å². The molecule has 2 N–H and O–H groups in total. The number of nitrogens with zero attached hydrogens (tertiary/aromatic N) is 2. The van der Waals surface area contributed by atoms with Gasteiger partial charge in [0.1, 0.15) is 0 Å². The van der Waals surface area contributed by atoms with Gasteiger partial charge in [0.15, 0.2) is 0 Å². The Morgan fingerprint density at radius 1 is 1.00 bits per heavy atom. The number of rotatable bonds is 6. The predicted octanol–water partition coefficient (Wildman–Crippen LogP) is 4.79. The molecule has 0 saturated carbocycles. The lowest BCUT2D eigenvalue weighted by molar-refractivity contribution is 0.385. The van der Waals surface area contributed by atoms with E-state index in [4.69, 9.17) is 10.2 Å². The summed E-state index contributed by atoms with van der Waals surface area (Å²) < 4.78 is 6.74. The molecule has 0 bridgehead atoms. The fraction of sp³-hybridized carbons (Fsp3) is 0.176. The Kier molecular flexibility index (Phi) is 7.30. The molecule has 0 aliphatic carbocycles. The standard InChI is InChI=1S/C17H16BrN3OS.ClH/c18-14-8-6-13(7-9-14)11-23-17-21-20-16(22-17)15(19)10-12-4-2-1-3-5-12;/h1-9,15H,10-11,19H2;1H/t15-;/m0./s1. The van der Waals surface area contributed by atoms with Gasteiger partial charge in [0, 0.05) is 10.2 Å². The van der Waals surface area contributed by atoms with Gasteiger partial charge in [-0.1, -0.05) is 70.2 Å². The fourth-order valence-electron chi connectivity index (χ4n) is 2.11. The molecule has 3 aromatic rings. The van der Waals surface area contributed by atoms with Crippen molar-refractivity contribution in [1.29, 1.82) is 0 Å². The minimum atomic E-state index is -0.285. The molecule has 0 unspecified atom stereocenters. The molecule has 0 saturated heterocycles. The summed E-state index contributed by atoms with van der Waals surface area (Å²) in [7, 11) is 0. The largest absolute Gasteiger partial charge is 0.414 e. The normalized spacial score (nSPS) is 11.8. The summed E-state index contributed by atoms with van der Waals surface area (Å²) in [6, 6.07) is 17.9. The molecule has 7 heteroatoms. The molecule has 126 valence electrons. The van der Waals surface area contributed by atoms with Gasteiger partial charge < -0.3 is 10.2 Å². The van der Waals surface area contributed by atoms with Gasteiger partial charge >= 0.3 is 0 Å². The summed E-state index contributed by atoms with van der Waals surface area (Å²) in [4.78, 5) is 0. The number of aromatic nitrogens is 2. The van der Waals surface area contributed by atoms with Crippen molar-refractivity contribution < 1.29 is 4.42 Å². The highest BCUT2D eigenvalue weighted by molar-refractivity contribution is 9.10. The first kappa shape index (κ1) is 19.0. The first-order valence-electron chi connectivity index (χ1n) is 7.21. The quantitative estimate of drug-likeness (QED) is 0.574. The number of benzene rings is 2. The summed E-state index contributed by atoms with van der Waals surface area (Å²) in [5.41, 5.74) is 8.51. The van der Waals surface area contributed by atoms with Gasteiger partial charge in [-0.05, 0) is 29.7 Å². The third-order valence-electron chi connectivity index (χ3n) is 3.31. The number of thioether (sulfide) groups is 1. The molecular formula is C17H17BrClN3OS. The van der Waals surface area contributed by atoms with Crippen molar-refractivity contribution in [2.24, 2.45) is 5.73 Å². The Labute approximate surface area is 159 Å². The molecule has 0 fully saturated rings. The van der Waals surface area contributed by atoms with E-state index in [1.807, 2.05) is 42.5 Å². The van der Waals surface area contributed by atoms with Crippen LogP contribution in [0.15, 0.2) is 68.7 Å². The molecule has 0 aliphatic heterocycles. The van der Waals surface area contributed by atoms with E-state index in [1.54, 1.807) is 0 Å². The summed E-state index contributed by atoms with van der Waals surface area (Å²) in [6.07, 6.45) is 0.680. The number of halogens is 2. The number of hydrogen-bond acceptors (Lipinski definition) is 5. The van der Waals surface area contributed by atoms with Crippen LogP contribution in [0.25, 0.3) is 0 Å². The van der Waals surface area contributed by atoms with E-state index in [2.05, 4.69) is 38.3 Å². The van der Waals surface area contributed by atoms with E-state index in [0.717, 1.165) is 15.8 Å². The SMILES string of the molecule is Cl.N[C@@H](Cc1ccccc1)c1nnc(SCc2ccc(Br)cc2)o1. The van der Waals surface area contributed by atoms with Crippen molar-refractivity contribution >= 4 is 40.1 Å². The van der Waals surface area contributed by atoms with Crippen LogP contribution in [0.3, 0.4) is 0 Å². The van der Waals surface area contributed by atoms with Crippen LogP contribution < -0.4 is 5.73 Å². The Morgan fingerprint density at radius 2 is 1.71 bits per heavy atom. The second-order valence-electron chi connectivity index (χ2n) is 5.12. The van der Waals surface area contributed by atoms with Crippen LogP contribution in [0.2, 0.25) is 0 Å². The fourth-order valence-corrected chi connectivity index (χ4v) is 3.10. The maximum atomic E-state index is 6.15. The molecular weight excluding hydrogens is 410 g/mol. The maximum Gasteiger partial charge on any atom is 0.276 e. The molecule has 1 atom stereocenters. The Bertz CT molecular complexity index is 752. The van der Waals surface area contributed by atoms with Crippen LogP contribution >= 0.6 is 40.1 Å². The average Bonchev–Trinajstić information content (AvgIpc) is 3.04. The number of hydrogen-bond donors (Lipinski definition) is 1. The molecule has 0 radical (unpaired) electrons. The summed E-state index contributed by atoms with van der Waals surface area (Å²) in [6.45, 7) is 0. The van der Waals surface area contributed by atoms with Crippen LogP contribution in [-0.4, -0.2) is 10.2 Å². The second kappa shape index (κ2) is 9.22. The Balaban J connectivity index is 0.00000208. The van der Waals surface area contributed by atoms with Crippen molar-refractivity contribution in [2.75, 3.05) is 0 Å². The molecule has 4 nitrogen and oxygen atoms in total. The van der Waals surface area contributed by atoms with Crippen LogP contribution in [-0.2, 0) is 12.2 Å². The van der Waals surface area contributed by atoms with Crippen LogP contribution in [0.4, 0.5) is 0 Å². The second-order valence-corrected chi connectivity index (χ2v) is 6.96. The predicted molar refractivity (Wildman–Crippen MR) is 102 cm³/mol. The minimum absolute atomic E-state index is 0. The van der Waals surface area contributed by atoms with Gasteiger partial charge in [0.05, 0.1) is 6.04 Å². The topological polar surface area (TPSA) is 64.9 Å². The van der Waals surface area contributed by atoms with Crippen molar-refractivity contribution in [2.45, 2.75) is 23.4 Å². The Morgan fingerprint density at radius 3 is 2.42 bits per heavy atom. The summed E-state index contributed by atoms with van der Waals surface area (Å²) >= 11 is 4.94. The molecule has 1 heterocycles. The molecule has 2 aromatic carbocycles. The highest BCUT2D eigenvalue weighted by Crippen LogP contribution is 2.24. The molecule has 0 aliphatic rings. The molecule has 0 spiro atoms. The highest BCUT2D eigenvalue weighted by atomic mass is 79.9. The van der Waals surface area contributed by atoms with Crippen molar-refractivity contribution in [1.82, 2.24) is 10.2 Å². The van der Waals surface area contributed by atoms with Crippen molar-refractivity contribution in [3.63, 3.8) is 0 Å². The molecule has 0 amide bonds. The zero-order valence-corrected chi connectivity index (χ0v) is 16.0. The van der Waals surface area contributed by atoms with Crippen LogP contribution in [0.5, 0.6) is 0 Å². The first-order valence-corrected chi connectivity index (χ1v) is 8.99. The summed E-state index contributed by atoms with van der Waals surface area (Å²) in [5.74, 6) is 1.26. The van der Waals surface area contributed by atoms with E-state index >= 15 is 0 Å². The van der Waals surface area contributed by atoms with Crippen molar-refractivity contribution in [3.05, 3.63) is 76.1 Å². The highest BCUT2D eigenvalue weighted by Gasteiger charge is 2.15. The molecule has 24 heavy (non-hydrogen) atoms. The van der Waals surface area contributed by atoms with Gasteiger partial charge in [0.2, 0.25) is 5.89 Å². The van der Waals surface area contributed by atoms with Gasteiger partial charge in [-0.25, -0.2) is 0 Å². The van der Waals surface area contributed by atoms with E-state index in [0.29, 0.717) is 17.5 Å². The van der Waals surface area contributed by atoms with Crippen molar-refractivity contribution in [3.8, 4) is 0 Å². The summed E-state index contributed by atoms with van der Waals surface area (Å²) in [5, 5.41) is 8.68. The third kappa shape index (κ3) is 5.34. The lowest BCUT2D eigenvalue weighted by atomic mass is 10.1. The van der Waals surface area contributed by atoms with E-state index in [1.165, 1.54) is 17.3 Å². The smallest absolute Gasteiger partial charge is 0.276 e. The first-order chi connectivity index (χ1) is 11.2.